The van der Waals surface area contributed by atoms with Gasteiger partial charge >= 0.3 is 0 Å². The summed E-state index contributed by atoms with van der Waals surface area (Å²) in [6.45, 7) is 10.8. The van der Waals surface area contributed by atoms with Crippen molar-refractivity contribution < 1.29 is 0 Å². The number of aromatic nitrogens is 3. The van der Waals surface area contributed by atoms with Crippen LogP contribution in [0, 0.1) is 6.92 Å². The molecular weight excluding hydrogens is 388 g/mol. The summed E-state index contributed by atoms with van der Waals surface area (Å²) in [5.74, 6) is 1.80. The van der Waals surface area contributed by atoms with Crippen molar-refractivity contribution in [2.45, 2.75) is 13.8 Å². The molecular formula is C20H31ClN8. The topological polar surface area (TPSA) is 72.5 Å². The van der Waals surface area contributed by atoms with Crippen molar-refractivity contribution in [3.05, 3.63) is 28.8 Å². The molecule has 1 saturated heterocycles. The van der Waals surface area contributed by atoms with Gasteiger partial charge in [0, 0.05) is 56.5 Å². The maximum absolute atomic E-state index is 6.15. The SMILES string of the molecule is CCNc1nc(Nc2cc(Cl)ccc2C)nc(N2CCN(CCN(C)C)CC2)n1. The first-order chi connectivity index (χ1) is 13.9. The van der Waals surface area contributed by atoms with Crippen LogP contribution in [0.3, 0.4) is 0 Å². The number of likely N-dealkylation sites (N-methyl/N-ethyl adjacent to an activating group) is 1. The molecule has 3 rings (SSSR count). The molecule has 8 nitrogen and oxygen atoms in total. The monoisotopic (exact) mass is 418 g/mol. The third-order valence-electron chi connectivity index (χ3n) is 4.92. The van der Waals surface area contributed by atoms with Crippen molar-refractivity contribution in [2.24, 2.45) is 0 Å². The van der Waals surface area contributed by atoms with Gasteiger partial charge in [0.05, 0.1) is 0 Å². The summed E-state index contributed by atoms with van der Waals surface area (Å²) in [5.41, 5.74) is 1.97. The molecule has 0 bridgehead atoms. The van der Waals surface area contributed by atoms with E-state index in [2.05, 4.69) is 54.4 Å². The lowest BCUT2D eigenvalue weighted by Crippen LogP contribution is -2.48. The van der Waals surface area contributed by atoms with Crippen LogP contribution < -0.4 is 15.5 Å². The van der Waals surface area contributed by atoms with Crippen LogP contribution in [0.1, 0.15) is 12.5 Å². The van der Waals surface area contributed by atoms with Crippen molar-refractivity contribution in [3.8, 4) is 0 Å². The Morgan fingerprint density at radius 2 is 1.79 bits per heavy atom. The van der Waals surface area contributed by atoms with Crippen LogP contribution >= 0.6 is 11.6 Å². The van der Waals surface area contributed by atoms with Crippen molar-refractivity contribution in [1.29, 1.82) is 0 Å². The molecule has 158 valence electrons. The van der Waals surface area contributed by atoms with E-state index in [1.54, 1.807) is 0 Å². The van der Waals surface area contributed by atoms with Crippen LogP contribution in [-0.4, -0.2) is 84.7 Å². The average Bonchev–Trinajstić information content (AvgIpc) is 2.70. The quantitative estimate of drug-likeness (QED) is 0.678. The lowest BCUT2D eigenvalue weighted by atomic mass is 10.2. The number of piperazine rings is 1. The number of anilines is 4. The summed E-state index contributed by atoms with van der Waals surface area (Å²) >= 11 is 6.15. The maximum Gasteiger partial charge on any atom is 0.233 e. The molecule has 0 unspecified atom stereocenters. The molecule has 0 amide bonds. The Kier molecular flexibility index (Phi) is 7.46. The predicted octanol–water partition coefficient (Wildman–Crippen LogP) is 2.69. The number of aryl methyl sites for hydroxylation is 1. The van der Waals surface area contributed by atoms with E-state index in [0.29, 0.717) is 22.9 Å². The Morgan fingerprint density at radius 1 is 1.07 bits per heavy atom. The Morgan fingerprint density at radius 3 is 2.48 bits per heavy atom. The molecule has 9 heteroatoms. The minimum atomic E-state index is 0.520. The van der Waals surface area contributed by atoms with Crippen LogP contribution in [0.4, 0.5) is 23.5 Å². The van der Waals surface area contributed by atoms with Gasteiger partial charge in [-0.15, -0.1) is 0 Å². The molecule has 1 aromatic carbocycles. The van der Waals surface area contributed by atoms with Crippen molar-refractivity contribution >= 4 is 35.1 Å². The van der Waals surface area contributed by atoms with Crippen molar-refractivity contribution in [3.63, 3.8) is 0 Å². The highest BCUT2D eigenvalue weighted by Crippen LogP contribution is 2.24. The van der Waals surface area contributed by atoms with Gasteiger partial charge in [0.25, 0.3) is 0 Å². The predicted molar refractivity (Wildman–Crippen MR) is 121 cm³/mol. The Hall–Kier alpha value is -2.16. The molecule has 1 aromatic heterocycles. The Labute approximate surface area is 178 Å². The average molecular weight is 419 g/mol. The van der Waals surface area contributed by atoms with Gasteiger partial charge in [0.2, 0.25) is 17.8 Å². The minimum Gasteiger partial charge on any atom is -0.354 e. The van der Waals surface area contributed by atoms with Gasteiger partial charge in [-0.1, -0.05) is 17.7 Å². The normalized spacial score (nSPS) is 15.0. The van der Waals surface area contributed by atoms with Crippen molar-refractivity contribution in [2.75, 3.05) is 75.4 Å². The highest BCUT2D eigenvalue weighted by Gasteiger charge is 2.20. The van der Waals surface area contributed by atoms with Gasteiger partial charge < -0.3 is 20.4 Å². The fourth-order valence-electron chi connectivity index (χ4n) is 3.16. The van der Waals surface area contributed by atoms with Gasteiger partial charge in [-0.25, -0.2) is 0 Å². The highest BCUT2D eigenvalue weighted by atomic mass is 35.5. The molecule has 2 aromatic rings. The second kappa shape index (κ2) is 10.0. The molecule has 1 fully saturated rings. The fraction of sp³-hybridized carbons (Fsp3) is 0.550. The van der Waals surface area contributed by atoms with E-state index in [1.807, 2.05) is 32.0 Å². The molecule has 2 heterocycles. The minimum absolute atomic E-state index is 0.520. The van der Waals surface area contributed by atoms with E-state index in [4.69, 9.17) is 11.6 Å². The van der Waals surface area contributed by atoms with E-state index in [1.165, 1.54) is 0 Å². The van der Waals surface area contributed by atoms with Gasteiger partial charge in [-0.2, -0.15) is 15.0 Å². The largest absolute Gasteiger partial charge is 0.354 e. The summed E-state index contributed by atoms with van der Waals surface area (Å²) in [6, 6.07) is 5.74. The molecule has 0 radical (unpaired) electrons. The molecule has 1 aliphatic heterocycles. The standard InChI is InChI=1S/C20H31ClN8/c1-5-22-18-24-19(23-17-14-16(21)7-6-15(17)2)26-20(25-18)29-12-10-28(11-13-29)9-8-27(3)4/h6-7,14H,5,8-13H2,1-4H3,(H2,22,23,24,25,26). The molecule has 0 spiro atoms. The number of hydrogen-bond donors (Lipinski definition) is 2. The van der Waals surface area contributed by atoms with Crippen molar-refractivity contribution in [1.82, 2.24) is 24.8 Å². The molecule has 2 N–H and O–H groups in total. The van der Waals surface area contributed by atoms with E-state index in [0.717, 1.165) is 57.1 Å². The zero-order valence-corrected chi connectivity index (χ0v) is 18.5. The van der Waals surface area contributed by atoms with E-state index in [-0.39, 0.29) is 0 Å². The Bertz CT molecular complexity index is 805. The molecule has 29 heavy (non-hydrogen) atoms. The van der Waals surface area contributed by atoms with Crippen LogP contribution in [0.2, 0.25) is 5.02 Å². The van der Waals surface area contributed by atoms with Crippen LogP contribution in [0.5, 0.6) is 0 Å². The molecule has 0 saturated carbocycles. The van der Waals surface area contributed by atoms with E-state index < -0.39 is 0 Å². The molecule has 0 atom stereocenters. The van der Waals surface area contributed by atoms with Crippen LogP contribution in [0.15, 0.2) is 18.2 Å². The summed E-state index contributed by atoms with van der Waals surface area (Å²) < 4.78 is 0. The van der Waals surface area contributed by atoms with Gasteiger partial charge in [-0.3, -0.25) is 4.90 Å². The number of benzene rings is 1. The zero-order chi connectivity index (χ0) is 20.8. The van der Waals surface area contributed by atoms with E-state index in [9.17, 15) is 0 Å². The Balaban J connectivity index is 1.74. The number of nitrogens with zero attached hydrogens (tertiary/aromatic N) is 6. The second-order valence-corrected chi connectivity index (χ2v) is 7.97. The number of hydrogen-bond acceptors (Lipinski definition) is 8. The number of halogens is 1. The summed E-state index contributed by atoms with van der Waals surface area (Å²) in [6.07, 6.45) is 0. The van der Waals surface area contributed by atoms with Crippen LogP contribution in [0.25, 0.3) is 0 Å². The fourth-order valence-corrected chi connectivity index (χ4v) is 3.33. The third kappa shape index (κ3) is 6.16. The van der Waals surface area contributed by atoms with E-state index >= 15 is 0 Å². The van der Waals surface area contributed by atoms with Gasteiger partial charge in [0.15, 0.2) is 0 Å². The number of rotatable bonds is 8. The first kappa shape index (κ1) is 21.5. The molecule has 1 aliphatic rings. The second-order valence-electron chi connectivity index (χ2n) is 7.53. The zero-order valence-electron chi connectivity index (χ0n) is 17.7. The summed E-state index contributed by atoms with van der Waals surface area (Å²) in [4.78, 5) is 20.8. The summed E-state index contributed by atoms with van der Waals surface area (Å²) in [7, 11) is 4.22. The third-order valence-corrected chi connectivity index (χ3v) is 5.16. The number of nitrogens with one attached hydrogen (secondary N) is 2. The summed E-state index contributed by atoms with van der Waals surface area (Å²) in [5, 5.41) is 7.19. The van der Waals surface area contributed by atoms with Gasteiger partial charge in [0.1, 0.15) is 0 Å². The maximum atomic E-state index is 6.15. The first-order valence-electron chi connectivity index (χ1n) is 10.1. The van der Waals surface area contributed by atoms with Crippen LogP contribution in [-0.2, 0) is 0 Å². The highest BCUT2D eigenvalue weighted by molar-refractivity contribution is 6.30. The molecule has 0 aliphatic carbocycles. The lowest BCUT2D eigenvalue weighted by Gasteiger charge is -2.35. The van der Waals surface area contributed by atoms with Gasteiger partial charge in [-0.05, 0) is 45.6 Å². The first-order valence-corrected chi connectivity index (χ1v) is 10.5. The lowest BCUT2D eigenvalue weighted by molar-refractivity contribution is 0.228. The smallest absolute Gasteiger partial charge is 0.233 e.